The third kappa shape index (κ3) is 38.9. The fraction of sp³-hybridized carbons (Fsp3) is 0.821. The van der Waals surface area contributed by atoms with Gasteiger partial charge >= 0.3 is 13.8 Å². The van der Waals surface area contributed by atoms with Gasteiger partial charge in [-0.2, -0.15) is 0 Å². The molecule has 0 aromatic heterocycles. The molecule has 0 aromatic carbocycles. The summed E-state index contributed by atoms with van der Waals surface area (Å²) in [5.41, 5.74) is 0. The van der Waals surface area contributed by atoms with Gasteiger partial charge in [-0.15, -0.1) is 0 Å². The lowest BCUT2D eigenvalue weighted by atomic mass is 10.0. The summed E-state index contributed by atoms with van der Waals surface area (Å²) >= 11 is 0. The molecule has 0 bridgehead atoms. The lowest BCUT2D eigenvalue weighted by molar-refractivity contribution is -0.153. The normalized spacial score (nSPS) is 12.9. The molecule has 0 fully saturated rings. The van der Waals surface area contributed by atoms with Crippen molar-refractivity contribution in [3.63, 3.8) is 0 Å². The Hall–Kier alpha value is -1.40. The predicted molar refractivity (Wildman–Crippen MR) is 197 cm³/mol. The molecule has 0 saturated heterocycles. The molecule has 8 heteroatoms. The number of ether oxygens (including phenoxy) is 2. The average molecular weight is 685 g/mol. The minimum absolute atomic E-state index is 0.00831. The Kier molecular flexibility index (Phi) is 34.8. The number of carbonyl (C=O) groups is 1. The predicted octanol–water partition coefficient (Wildman–Crippen LogP) is 12.2. The Morgan fingerprint density at radius 2 is 1.00 bits per heavy atom. The molecule has 0 unspecified atom stereocenters. The van der Waals surface area contributed by atoms with Crippen LogP contribution in [0.5, 0.6) is 0 Å². The topological polar surface area (TPSA) is 102 Å². The van der Waals surface area contributed by atoms with Crippen LogP contribution < -0.4 is 0 Å². The molecule has 276 valence electrons. The van der Waals surface area contributed by atoms with E-state index in [1.54, 1.807) is 6.26 Å². The zero-order chi connectivity index (χ0) is 34.5. The summed E-state index contributed by atoms with van der Waals surface area (Å²) in [6.45, 7) is 4.07. The van der Waals surface area contributed by atoms with Gasteiger partial charge in [0, 0.05) is 6.42 Å². The van der Waals surface area contributed by atoms with Gasteiger partial charge in [0.05, 0.1) is 12.9 Å². The molecule has 0 aliphatic rings. The highest BCUT2D eigenvalue weighted by Gasteiger charge is 2.21. The van der Waals surface area contributed by atoms with Crippen molar-refractivity contribution in [2.24, 2.45) is 0 Å². The van der Waals surface area contributed by atoms with Gasteiger partial charge in [0.1, 0.15) is 6.61 Å². The quantitative estimate of drug-likeness (QED) is 0.0223. The van der Waals surface area contributed by atoms with E-state index < -0.39 is 26.5 Å². The van der Waals surface area contributed by atoms with Crippen LogP contribution in [-0.4, -0.2) is 35.1 Å². The van der Waals surface area contributed by atoms with Crippen LogP contribution in [0.15, 0.2) is 36.6 Å². The number of hydrogen-bond donors (Lipinski definition) is 2. The third-order valence-electron chi connectivity index (χ3n) is 8.26. The van der Waals surface area contributed by atoms with Gasteiger partial charge in [0.15, 0.2) is 6.10 Å². The molecule has 0 amide bonds. The van der Waals surface area contributed by atoms with Gasteiger partial charge in [-0.1, -0.05) is 154 Å². The van der Waals surface area contributed by atoms with Gasteiger partial charge in [-0.25, -0.2) is 4.57 Å². The summed E-state index contributed by atoms with van der Waals surface area (Å²) < 4.78 is 26.7. The maximum absolute atomic E-state index is 12.4. The van der Waals surface area contributed by atoms with E-state index in [4.69, 9.17) is 19.3 Å². The van der Waals surface area contributed by atoms with E-state index in [1.165, 1.54) is 116 Å². The highest BCUT2D eigenvalue weighted by Crippen LogP contribution is 2.36. The summed E-state index contributed by atoms with van der Waals surface area (Å²) in [6.07, 6.45) is 43.6. The van der Waals surface area contributed by atoms with Gasteiger partial charge in [-0.05, 0) is 57.4 Å². The molecule has 47 heavy (non-hydrogen) atoms. The van der Waals surface area contributed by atoms with Crippen LogP contribution in [-0.2, 0) is 23.4 Å². The molecular weight excluding hydrogens is 611 g/mol. The molecule has 0 spiro atoms. The second-order valence-electron chi connectivity index (χ2n) is 13.0. The number of esters is 1. The molecule has 0 aliphatic heterocycles. The maximum Gasteiger partial charge on any atom is 0.469 e. The number of allylic oxidation sites excluding steroid dienone is 5. The second kappa shape index (κ2) is 35.9. The molecule has 7 nitrogen and oxygen atoms in total. The summed E-state index contributed by atoms with van der Waals surface area (Å²) in [6, 6.07) is 0. The van der Waals surface area contributed by atoms with Gasteiger partial charge in [0.2, 0.25) is 0 Å². The molecule has 1 atom stereocenters. The Labute approximate surface area is 289 Å². The number of phosphoric acid groups is 1. The van der Waals surface area contributed by atoms with Crippen LogP contribution in [0.2, 0.25) is 0 Å². The van der Waals surface area contributed by atoms with Crippen LogP contribution >= 0.6 is 7.82 Å². The smallest absolute Gasteiger partial charge is 0.469 e. The Morgan fingerprint density at radius 3 is 1.51 bits per heavy atom. The first-order valence-corrected chi connectivity index (χ1v) is 20.9. The fourth-order valence-electron chi connectivity index (χ4n) is 5.38. The van der Waals surface area contributed by atoms with Crippen molar-refractivity contribution in [1.82, 2.24) is 0 Å². The summed E-state index contributed by atoms with van der Waals surface area (Å²) in [4.78, 5) is 30.5. The molecule has 0 saturated carbocycles. The maximum atomic E-state index is 12.4. The standard InChI is InChI=1S/C39H73O7P/c1-3-5-7-9-11-13-15-17-19-20-21-22-24-26-28-30-32-34-39(40)46-38(37-45-47(41,42)43)36-44-35-33-31-29-27-25-23-18-16-14-12-10-8-6-4-2/h11,13,17,19,33,35,38H,3-10,12,14-16,18,20-32,34,36-37H2,1-2H3,(H2,41,42,43)/b13-11-,19-17-,35-33-/t38-/m1/s1. The van der Waals surface area contributed by atoms with E-state index in [-0.39, 0.29) is 13.0 Å². The molecule has 0 aromatic rings. The highest BCUT2D eigenvalue weighted by molar-refractivity contribution is 7.46. The summed E-state index contributed by atoms with van der Waals surface area (Å²) in [5, 5.41) is 0. The van der Waals surface area contributed by atoms with E-state index in [2.05, 4.69) is 42.7 Å². The lowest BCUT2D eigenvalue weighted by Crippen LogP contribution is -2.27. The van der Waals surface area contributed by atoms with Crippen molar-refractivity contribution in [1.29, 1.82) is 0 Å². The molecule has 0 aliphatic carbocycles. The molecule has 2 N–H and O–H groups in total. The Balaban J connectivity index is 3.89. The van der Waals surface area contributed by atoms with Crippen molar-refractivity contribution < 1.29 is 33.1 Å². The number of unbranched alkanes of at least 4 members (excludes halogenated alkanes) is 22. The summed E-state index contributed by atoms with van der Waals surface area (Å²) in [7, 11) is -4.67. The van der Waals surface area contributed by atoms with Crippen molar-refractivity contribution in [3.05, 3.63) is 36.6 Å². The largest absolute Gasteiger partial charge is 0.498 e. The minimum Gasteiger partial charge on any atom is -0.498 e. The Morgan fingerprint density at radius 1 is 0.574 bits per heavy atom. The van der Waals surface area contributed by atoms with Crippen LogP contribution in [0, 0.1) is 0 Å². The first-order valence-electron chi connectivity index (χ1n) is 19.3. The first kappa shape index (κ1) is 45.6. The van der Waals surface area contributed by atoms with Crippen LogP contribution in [0.4, 0.5) is 0 Å². The van der Waals surface area contributed by atoms with Gasteiger partial charge in [-0.3, -0.25) is 9.32 Å². The number of hydrogen-bond acceptors (Lipinski definition) is 5. The monoisotopic (exact) mass is 685 g/mol. The molecule has 0 heterocycles. The van der Waals surface area contributed by atoms with Crippen LogP contribution in [0.1, 0.15) is 187 Å². The van der Waals surface area contributed by atoms with E-state index >= 15 is 0 Å². The molecular formula is C39H73O7P. The van der Waals surface area contributed by atoms with E-state index in [9.17, 15) is 9.36 Å². The minimum atomic E-state index is -4.67. The molecule has 0 rings (SSSR count). The van der Waals surface area contributed by atoms with Crippen LogP contribution in [0.25, 0.3) is 0 Å². The van der Waals surface area contributed by atoms with Crippen molar-refractivity contribution in [2.45, 2.75) is 193 Å². The molecule has 0 radical (unpaired) electrons. The SMILES string of the molecule is CCCCC/C=C\C/C=C\CCCCCCCCCC(=O)O[C@H](CO/C=C\CCCCCCCCCCCCCC)COP(=O)(O)O. The zero-order valence-corrected chi connectivity index (χ0v) is 31.3. The van der Waals surface area contributed by atoms with Gasteiger partial charge in [0.25, 0.3) is 0 Å². The van der Waals surface area contributed by atoms with Crippen molar-refractivity contribution >= 4 is 13.8 Å². The summed E-state index contributed by atoms with van der Waals surface area (Å²) in [5.74, 6) is -0.393. The van der Waals surface area contributed by atoms with E-state index in [0.29, 0.717) is 0 Å². The van der Waals surface area contributed by atoms with Gasteiger partial charge < -0.3 is 19.3 Å². The number of phosphoric ester groups is 1. The number of carbonyl (C=O) groups excluding carboxylic acids is 1. The fourth-order valence-corrected chi connectivity index (χ4v) is 5.74. The average Bonchev–Trinajstić information content (AvgIpc) is 3.04. The number of rotatable bonds is 36. The van der Waals surface area contributed by atoms with E-state index in [1.807, 2.05) is 6.08 Å². The first-order chi connectivity index (χ1) is 22.9. The second-order valence-corrected chi connectivity index (χ2v) is 14.2. The van der Waals surface area contributed by atoms with Crippen molar-refractivity contribution in [3.8, 4) is 0 Å². The van der Waals surface area contributed by atoms with Crippen molar-refractivity contribution in [2.75, 3.05) is 13.2 Å². The zero-order valence-electron chi connectivity index (χ0n) is 30.4. The lowest BCUT2D eigenvalue weighted by Gasteiger charge is -2.18. The Bertz CT molecular complexity index is 805. The third-order valence-corrected chi connectivity index (χ3v) is 8.74. The van der Waals surface area contributed by atoms with E-state index in [0.717, 1.165) is 51.4 Å². The highest BCUT2D eigenvalue weighted by atomic mass is 31.2. The van der Waals surface area contributed by atoms with Crippen LogP contribution in [0.3, 0.4) is 0 Å².